The van der Waals surface area contributed by atoms with E-state index in [2.05, 4.69) is 9.97 Å². The van der Waals surface area contributed by atoms with E-state index in [1.807, 2.05) is 0 Å². The van der Waals surface area contributed by atoms with E-state index >= 15 is 0 Å². The van der Waals surface area contributed by atoms with Crippen LogP contribution in [0.2, 0.25) is 10.4 Å². The molecular formula is C7H7Cl2N2P. The molecule has 0 spiro atoms. The molecule has 1 aliphatic heterocycles. The molecule has 1 aromatic heterocycles. The van der Waals surface area contributed by atoms with Crippen molar-refractivity contribution in [3.63, 3.8) is 0 Å². The Morgan fingerprint density at radius 1 is 1.25 bits per heavy atom. The lowest BCUT2D eigenvalue weighted by atomic mass is 10.2. The Hall–Kier alpha value is 0.0900. The van der Waals surface area contributed by atoms with Crippen molar-refractivity contribution in [1.82, 2.24) is 9.97 Å². The monoisotopic (exact) mass is 220 g/mol. The molecule has 0 aliphatic carbocycles. The molecule has 2 heterocycles. The third-order valence-corrected chi connectivity index (χ3v) is 3.54. The molecule has 1 atom stereocenters. The second-order valence-corrected chi connectivity index (χ2v) is 4.69. The van der Waals surface area contributed by atoms with Gasteiger partial charge in [0.15, 0.2) is 0 Å². The van der Waals surface area contributed by atoms with Crippen LogP contribution < -0.4 is 0 Å². The van der Waals surface area contributed by atoms with Gasteiger partial charge in [-0.2, -0.15) is 0 Å². The maximum absolute atomic E-state index is 5.92. The second-order valence-electron chi connectivity index (χ2n) is 2.64. The number of fused-ring (bicyclic) bond motifs is 1. The summed E-state index contributed by atoms with van der Waals surface area (Å²) in [5, 5.41) is 0.807. The van der Waals surface area contributed by atoms with E-state index in [-0.39, 0.29) is 5.28 Å². The predicted octanol–water partition coefficient (Wildman–Crippen LogP) is 2.52. The zero-order valence-electron chi connectivity index (χ0n) is 6.27. The van der Waals surface area contributed by atoms with E-state index in [4.69, 9.17) is 23.2 Å². The second kappa shape index (κ2) is 3.45. The van der Waals surface area contributed by atoms with Crippen molar-refractivity contribution in [2.75, 3.05) is 6.16 Å². The average Bonchev–Trinajstić information content (AvgIpc) is 2.04. The fourth-order valence-corrected chi connectivity index (χ4v) is 3.08. The Morgan fingerprint density at radius 2 is 2.08 bits per heavy atom. The summed E-state index contributed by atoms with van der Waals surface area (Å²) in [6.07, 6.45) is 3.22. The standard InChI is InChI=1S/C7H7Cl2N2P/c8-6-4-3-12-2-1-5(4)10-7(9)11-6/h12H,1-3H2. The average molecular weight is 221 g/mol. The smallest absolute Gasteiger partial charge is 0.223 e. The van der Waals surface area contributed by atoms with Crippen LogP contribution >= 0.6 is 31.8 Å². The summed E-state index contributed by atoms with van der Waals surface area (Å²) >= 11 is 11.6. The molecule has 0 amide bonds. The first-order chi connectivity index (χ1) is 5.77. The molecular weight excluding hydrogens is 214 g/mol. The van der Waals surface area contributed by atoms with Gasteiger partial charge in [0.05, 0.1) is 5.69 Å². The fraction of sp³-hybridized carbons (Fsp3) is 0.429. The Labute approximate surface area is 82.5 Å². The van der Waals surface area contributed by atoms with Gasteiger partial charge < -0.3 is 0 Å². The highest BCUT2D eigenvalue weighted by Gasteiger charge is 2.15. The molecule has 1 aliphatic rings. The first-order valence-electron chi connectivity index (χ1n) is 3.69. The van der Waals surface area contributed by atoms with Gasteiger partial charge in [-0.05, 0) is 30.3 Å². The summed E-state index contributed by atoms with van der Waals surface area (Å²) in [5.74, 6) is 0. The van der Waals surface area contributed by atoms with E-state index in [1.54, 1.807) is 0 Å². The largest absolute Gasteiger partial charge is 0.224 e. The maximum Gasteiger partial charge on any atom is 0.224 e. The van der Waals surface area contributed by atoms with Crippen molar-refractivity contribution in [1.29, 1.82) is 0 Å². The van der Waals surface area contributed by atoms with Gasteiger partial charge in [0.2, 0.25) is 5.28 Å². The third kappa shape index (κ3) is 1.56. The van der Waals surface area contributed by atoms with Gasteiger partial charge in [0.1, 0.15) is 5.15 Å². The minimum atomic E-state index is 0.268. The van der Waals surface area contributed by atoms with Gasteiger partial charge >= 0.3 is 0 Å². The minimum absolute atomic E-state index is 0.268. The van der Waals surface area contributed by atoms with Crippen LogP contribution in [0.4, 0.5) is 0 Å². The summed E-state index contributed by atoms with van der Waals surface area (Å²) in [6.45, 7) is 0. The zero-order chi connectivity index (χ0) is 8.55. The summed E-state index contributed by atoms with van der Waals surface area (Å²) in [5.41, 5.74) is 2.14. The molecule has 0 saturated carbocycles. The highest BCUT2D eigenvalue weighted by molar-refractivity contribution is 7.37. The molecule has 1 unspecified atom stereocenters. The van der Waals surface area contributed by atoms with Crippen molar-refractivity contribution in [2.24, 2.45) is 0 Å². The van der Waals surface area contributed by atoms with Crippen molar-refractivity contribution in [2.45, 2.75) is 12.6 Å². The van der Waals surface area contributed by atoms with Crippen molar-refractivity contribution in [3.8, 4) is 0 Å². The van der Waals surface area contributed by atoms with Gasteiger partial charge in [-0.3, -0.25) is 0 Å². The number of rotatable bonds is 0. The molecule has 0 N–H and O–H groups in total. The maximum atomic E-state index is 5.92. The normalized spacial score (nSPS) is 17.8. The summed E-state index contributed by atoms with van der Waals surface area (Å²) in [6, 6.07) is 0. The molecule has 0 aromatic carbocycles. The van der Waals surface area contributed by atoms with E-state index < -0.39 is 0 Å². The minimum Gasteiger partial charge on any atom is -0.223 e. The number of hydrogen-bond donors (Lipinski definition) is 0. The van der Waals surface area contributed by atoms with Crippen molar-refractivity contribution in [3.05, 3.63) is 21.7 Å². The predicted molar refractivity (Wildman–Crippen MR) is 52.6 cm³/mol. The highest BCUT2D eigenvalue weighted by Crippen LogP contribution is 2.32. The number of aromatic nitrogens is 2. The molecule has 12 heavy (non-hydrogen) atoms. The molecule has 2 nitrogen and oxygen atoms in total. The number of aryl methyl sites for hydroxylation is 1. The molecule has 5 heteroatoms. The number of nitrogens with zero attached hydrogens (tertiary/aromatic N) is 2. The SMILES string of the molecule is Clc1nc(Cl)c2c(n1)CCPC2. The van der Waals surface area contributed by atoms with Gasteiger partial charge in [-0.15, -0.1) is 8.58 Å². The Kier molecular flexibility index (Phi) is 2.49. The summed E-state index contributed by atoms with van der Waals surface area (Å²) in [7, 11) is 0.954. The lowest BCUT2D eigenvalue weighted by Gasteiger charge is -2.14. The van der Waals surface area contributed by atoms with Crippen LogP contribution in [0.1, 0.15) is 11.3 Å². The first kappa shape index (κ1) is 8.68. The fourth-order valence-electron chi connectivity index (χ4n) is 1.27. The van der Waals surface area contributed by atoms with Gasteiger partial charge in [-0.1, -0.05) is 11.6 Å². The zero-order valence-corrected chi connectivity index (χ0v) is 8.78. The Balaban J connectivity index is 2.53. The van der Waals surface area contributed by atoms with Crippen LogP contribution in [-0.4, -0.2) is 16.1 Å². The topological polar surface area (TPSA) is 25.8 Å². The summed E-state index contributed by atoms with van der Waals surface area (Å²) in [4.78, 5) is 8.06. The van der Waals surface area contributed by atoms with Crippen LogP contribution in [0.3, 0.4) is 0 Å². The van der Waals surface area contributed by atoms with E-state index in [1.165, 1.54) is 6.16 Å². The van der Waals surface area contributed by atoms with Gasteiger partial charge in [0, 0.05) is 5.56 Å². The van der Waals surface area contributed by atoms with E-state index in [0.717, 1.165) is 32.4 Å². The lowest BCUT2D eigenvalue weighted by molar-refractivity contribution is 0.950. The first-order valence-corrected chi connectivity index (χ1v) is 5.86. The number of hydrogen-bond acceptors (Lipinski definition) is 2. The van der Waals surface area contributed by atoms with Crippen molar-refractivity contribution >= 4 is 31.8 Å². The Morgan fingerprint density at radius 3 is 2.92 bits per heavy atom. The van der Waals surface area contributed by atoms with E-state index in [9.17, 15) is 0 Å². The molecule has 0 bridgehead atoms. The lowest BCUT2D eigenvalue weighted by Crippen LogP contribution is -2.06. The van der Waals surface area contributed by atoms with Crippen LogP contribution in [0.5, 0.6) is 0 Å². The molecule has 0 saturated heterocycles. The quantitative estimate of drug-likeness (QED) is 0.382. The molecule has 2 rings (SSSR count). The van der Waals surface area contributed by atoms with Crippen LogP contribution in [0, 0.1) is 0 Å². The molecule has 0 radical (unpaired) electrons. The van der Waals surface area contributed by atoms with Crippen LogP contribution in [-0.2, 0) is 12.6 Å². The highest BCUT2D eigenvalue weighted by atomic mass is 35.5. The molecule has 0 fully saturated rings. The molecule has 1 aromatic rings. The van der Waals surface area contributed by atoms with Crippen LogP contribution in [0.15, 0.2) is 0 Å². The number of halogens is 2. The van der Waals surface area contributed by atoms with Gasteiger partial charge in [-0.25, -0.2) is 9.97 Å². The summed E-state index contributed by atoms with van der Waals surface area (Å²) < 4.78 is 0. The van der Waals surface area contributed by atoms with Crippen LogP contribution in [0.25, 0.3) is 0 Å². The van der Waals surface area contributed by atoms with E-state index in [0.29, 0.717) is 5.15 Å². The van der Waals surface area contributed by atoms with Crippen molar-refractivity contribution < 1.29 is 0 Å². The Bertz CT molecular complexity index is 317. The van der Waals surface area contributed by atoms with Gasteiger partial charge in [0.25, 0.3) is 0 Å². The third-order valence-electron chi connectivity index (χ3n) is 1.86. The molecule has 64 valence electrons.